The minimum absolute atomic E-state index is 0.0150. The Balaban J connectivity index is 2.07. The molecule has 1 aliphatic rings. The fourth-order valence-electron chi connectivity index (χ4n) is 3.71. The smallest absolute Gasteiger partial charge is 0.295 e. The summed E-state index contributed by atoms with van der Waals surface area (Å²) in [6.07, 6.45) is 3.82. The first-order valence-corrected chi connectivity index (χ1v) is 10.3. The number of carbonyl (C=O) groups is 2. The quantitative estimate of drug-likeness (QED) is 0.301. The average molecular weight is 424 g/mol. The zero-order valence-corrected chi connectivity index (χ0v) is 18.3. The second-order valence-electron chi connectivity index (χ2n) is 7.77. The highest BCUT2D eigenvalue weighted by Gasteiger charge is 2.45. The van der Waals surface area contributed by atoms with E-state index in [-0.39, 0.29) is 17.4 Å². The summed E-state index contributed by atoms with van der Waals surface area (Å²) >= 11 is 0. The number of aryl methyl sites for hydroxylation is 1. The van der Waals surface area contributed by atoms with Crippen LogP contribution < -0.4 is 4.74 Å². The summed E-state index contributed by atoms with van der Waals surface area (Å²) in [6, 6.07) is 8.04. The summed E-state index contributed by atoms with van der Waals surface area (Å²) in [7, 11) is 1.59. The van der Waals surface area contributed by atoms with Crippen molar-refractivity contribution in [3.63, 3.8) is 0 Å². The number of methoxy groups -OCH3 is 1. The molecule has 0 radical (unpaired) electrons. The lowest BCUT2D eigenvalue weighted by molar-refractivity contribution is -0.140. The lowest BCUT2D eigenvalue weighted by Gasteiger charge is -2.25. The highest BCUT2D eigenvalue weighted by molar-refractivity contribution is 6.46. The third-order valence-electron chi connectivity index (χ3n) is 5.10. The molecule has 7 heteroatoms. The summed E-state index contributed by atoms with van der Waals surface area (Å²) in [5.41, 5.74) is 2.01. The number of aliphatic hydroxyl groups excluding tert-OH is 1. The van der Waals surface area contributed by atoms with Crippen LogP contribution >= 0.6 is 0 Å². The van der Waals surface area contributed by atoms with Gasteiger partial charge in [-0.2, -0.15) is 0 Å². The number of pyridine rings is 1. The van der Waals surface area contributed by atoms with Gasteiger partial charge in [-0.1, -0.05) is 6.07 Å². The van der Waals surface area contributed by atoms with E-state index in [2.05, 4.69) is 4.98 Å². The van der Waals surface area contributed by atoms with Gasteiger partial charge in [0.05, 0.1) is 17.7 Å². The molecule has 1 aliphatic heterocycles. The molecule has 31 heavy (non-hydrogen) atoms. The van der Waals surface area contributed by atoms with Gasteiger partial charge < -0.3 is 19.5 Å². The highest BCUT2D eigenvalue weighted by Crippen LogP contribution is 2.39. The Hall–Kier alpha value is -3.19. The Bertz CT molecular complexity index is 985. The molecular weight excluding hydrogens is 396 g/mol. The van der Waals surface area contributed by atoms with Crippen LogP contribution in [0.25, 0.3) is 5.76 Å². The predicted molar refractivity (Wildman–Crippen MR) is 117 cm³/mol. The number of benzene rings is 1. The zero-order chi connectivity index (χ0) is 22.5. The SMILES string of the molecule is COCCCN1C(=O)C(=O)C(=C(O)c2ccc(OC(C)C)c(C)c2)[C@@H]1c1cccnc1. The molecule has 0 aliphatic carbocycles. The van der Waals surface area contributed by atoms with Crippen molar-refractivity contribution in [1.82, 2.24) is 9.88 Å². The Morgan fingerprint density at radius 2 is 2.03 bits per heavy atom. The van der Waals surface area contributed by atoms with Crippen LogP contribution in [-0.2, 0) is 14.3 Å². The van der Waals surface area contributed by atoms with Crippen LogP contribution in [0, 0.1) is 6.92 Å². The van der Waals surface area contributed by atoms with Crippen LogP contribution in [0.1, 0.15) is 43.0 Å². The van der Waals surface area contributed by atoms with Crippen molar-refractivity contribution in [3.8, 4) is 5.75 Å². The molecule has 7 nitrogen and oxygen atoms in total. The minimum atomic E-state index is -0.711. The number of ether oxygens (including phenoxy) is 2. The number of nitrogens with zero attached hydrogens (tertiary/aromatic N) is 2. The summed E-state index contributed by atoms with van der Waals surface area (Å²) < 4.78 is 10.9. The van der Waals surface area contributed by atoms with Gasteiger partial charge in [-0.25, -0.2) is 0 Å². The summed E-state index contributed by atoms with van der Waals surface area (Å²) in [5.74, 6) is -0.845. The number of rotatable bonds is 8. The average Bonchev–Trinajstić information content (AvgIpc) is 3.00. The lowest BCUT2D eigenvalue weighted by atomic mass is 9.95. The van der Waals surface area contributed by atoms with E-state index in [0.29, 0.717) is 36.4 Å². The van der Waals surface area contributed by atoms with Gasteiger partial charge in [0, 0.05) is 38.2 Å². The van der Waals surface area contributed by atoms with Crippen molar-refractivity contribution in [2.24, 2.45) is 0 Å². The molecule has 3 rings (SSSR count). The normalized spacial score (nSPS) is 18.1. The molecule has 0 saturated carbocycles. The second kappa shape index (κ2) is 9.75. The molecule has 0 unspecified atom stereocenters. The van der Waals surface area contributed by atoms with Crippen molar-refractivity contribution in [2.75, 3.05) is 20.3 Å². The number of aromatic nitrogens is 1. The van der Waals surface area contributed by atoms with Gasteiger partial charge in [-0.05, 0) is 62.6 Å². The van der Waals surface area contributed by atoms with E-state index in [4.69, 9.17) is 9.47 Å². The van der Waals surface area contributed by atoms with E-state index < -0.39 is 17.7 Å². The monoisotopic (exact) mass is 424 g/mol. The third kappa shape index (κ3) is 4.77. The first-order chi connectivity index (χ1) is 14.8. The van der Waals surface area contributed by atoms with Gasteiger partial charge >= 0.3 is 0 Å². The standard InChI is InChI=1S/C24H28N2O5/c1-15(2)31-19-9-8-17(13-16(19)3)22(27)20-21(18-7-5-10-25-14-18)26(11-6-12-30-4)24(29)23(20)28/h5,7-10,13-15,21,27H,6,11-12H2,1-4H3/t21-/m0/s1. The number of Topliss-reactive ketones (excluding diaryl/α,β-unsaturated/α-hetero) is 1. The largest absolute Gasteiger partial charge is 0.507 e. The molecule has 1 saturated heterocycles. The van der Waals surface area contributed by atoms with Gasteiger partial charge in [-0.15, -0.1) is 0 Å². The molecule has 0 spiro atoms. The van der Waals surface area contributed by atoms with Crippen molar-refractivity contribution in [2.45, 2.75) is 39.3 Å². The molecule has 1 aromatic heterocycles. The van der Waals surface area contributed by atoms with Gasteiger partial charge in [0.15, 0.2) is 0 Å². The molecule has 2 aromatic rings. The maximum atomic E-state index is 13.0. The molecule has 1 amide bonds. The van der Waals surface area contributed by atoms with E-state index in [1.54, 1.807) is 49.8 Å². The fourth-order valence-corrected chi connectivity index (χ4v) is 3.71. The predicted octanol–water partition coefficient (Wildman–Crippen LogP) is 3.64. The first kappa shape index (κ1) is 22.5. The Kier molecular flexibility index (Phi) is 7.07. The van der Waals surface area contributed by atoms with Crippen LogP contribution in [-0.4, -0.2) is 53.0 Å². The third-order valence-corrected chi connectivity index (χ3v) is 5.10. The van der Waals surface area contributed by atoms with Gasteiger partial charge in [0.1, 0.15) is 11.5 Å². The maximum absolute atomic E-state index is 13.0. The van der Waals surface area contributed by atoms with Crippen LogP contribution in [0.3, 0.4) is 0 Å². The van der Waals surface area contributed by atoms with Gasteiger partial charge in [0.25, 0.3) is 11.7 Å². The van der Waals surface area contributed by atoms with Crippen LogP contribution in [0.5, 0.6) is 5.75 Å². The van der Waals surface area contributed by atoms with Crippen molar-refractivity contribution in [1.29, 1.82) is 0 Å². The van der Waals surface area contributed by atoms with E-state index >= 15 is 0 Å². The topological polar surface area (TPSA) is 89.0 Å². The number of ketones is 1. The number of carbonyl (C=O) groups excluding carboxylic acids is 2. The molecule has 1 fully saturated rings. The van der Waals surface area contributed by atoms with E-state index in [1.165, 1.54) is 4.90 Å². The Morgan fingerprint density at radius 1 is 1.26 bits per heavy atom. The summed E-state index contributed by atoms with van der Waals surface area (Å²) in [4.78, 5) is 31.4. The van der Waals surface area contributed by atoms with Crippen molar-refractivity contribution >= 4 is 17.4 Å². The highest BCUT2D eigenvalue weighted by atomic mass is 16.5. The van der Waals surface area contributed by atoms with E-state index in [1.807, 2.05) is 20.8 Å². The van der Waals surface area contributed by atoms with E-state index in [9.17, 15) is 14.7 Å². The van der Waals surface area contributed by atoms with Gasteiger partial charge in [-0.3, -0.25) is 14.6 Å². The minimum Gasteiger partial charge on any atom is -0.507 e. The number of amides is 1. The maximum Gasteiger partial charge on any atom is 0.295 e. The van der Waals surface area contributed by atoms with Crippen LogP contribution in [0.2, 0.25) is 0 Å². The number of hydrogen-bond donors (Lipinski definition) is 1. The van der Waals surface area contributed by atoms with Gasteiger partial charge in [0.2, 0.25) is 0 Å². The number of aliphatic hydroxyl groups is 1. The second-order valence-corrected chi connectivity index (χ2v) is 7.77. The van der Waals surface area contributed by atoms with E-state index in [0.717, 1.165) is 5.56 Å². The van der Waals surface area contributed by atoms with Crippen molar-refractivity contribution < 1.29 is 24.2 Å². The first-order valence-electron chi connectivity index (χ1n) is 10.3. The van der Waals surface area contributed by atoms with Crippen LogP contribution in [0.15, 0.2) is 48.3 Å². The molecule has 1 aromatic carbocycles. The zero-order valence-electron chi connectivity index (χ0n) is 18.3. The van der Waals surface area contributed by atoms with Crippen LogP contribution in [0.4, 0.5) is 0 Å². The number of hydrogen-bond acceptors (Lipinski definition) is 6. The molecule has 164 valence electrons. The molecule has 2 heterocycles. The molecule has 1 N–H and O–H groups in total. The summed E-state index contributed by atoms with van der Waals surface area (Å²) in [6.45, 7) is 6.53. The Morgan fingerprint density at radius 3 is 2.65 bits per heavy atom. The number of likely N-dealkylation sites (tertiary alicyclic amines) is 1. The molecule has 0 bridgehead atoms. The lowest BCUT2D eigenvalue weighted by Crippen LogP contribution is -2.31. The van der Waals surface area contributed by atoms with Crippen molar-refractivity contribution in [3.05, 3.63) is 65.0 Å². The molecule has 1 atom stereocenters. The Labute approximate surface area is 182 Å². The molecular formula is C24H28N2O5. The fraction of sp³-hybridized carbons (Fsp3) is 0.375. The summed E-state index contributed by atoms with van der Waals surface area (Å²) in [5, 5.41) is 11.1.